The smallest absolute Gasteiger partial charge is 0.261 e. The Bertz CT molecular complexity index is 900. The van der Waals surface area contributed by atoms with Gasteiger partial charge in [-0.3, -0.25) is 9.59 Å². The lowest BCUT2D eigenvalue weighted by atomic mass is 10.0. The minimum atomic E-state index is -3.56. The molecule has 0 saturated carbocycles. The minimum Gasteiger partial charge on any atom is -0.351 e. The molecule has 9 heteroatoms. The number of ketones is 1. The molecule has 1 amide bonds. The molecular weight excluding hydrogens is 446 g/mol. The second kappa shape index (κ2) is 7.69. The number of hydrogen-bond donors (Lipinski definition) is 1. The van der Waals surface area contributed by atoms with Gasteiger partial charge in [-0.25, -0.2) is 8.42 Å². The molecule has 1 unspecified atom stereocenters. The lowest BCUT2D eigenvalue weighted by molar-refractivity contribution is -0.119. The normalized spacial score (nSPS) is 14.1. The van der Waals surface area contributed by atoms with Crippen LogP contribution in [0.5, 0.6) is 0 Å². The Labute approximate surface area is 163 Å². The second-order valence-electron chi connectivity index (χ2n) is 5.83. The summed E-state index contributed by atoms with van der Waals surface area (Å²) in [5, 5.41) is 2.70. The van der Waals surface area contributed by atoms with Crippen LogP contribution in [-0.2, 0) is 14.6 Å². The number of sulfone groups is 1. The number of halogens is 1. The second-order valence-corrected chi connectivity index (χ2v) is 11.8. The summed E-state index contributed by atoms with van der Waals surface area (Å²) in [5.74, 6) is -0.697. The molecule has 136 valence electrons. The van der Waals surface area contributed by atoms with Crippen LogP contribution in [0.4, 0.5) is 0 Å². The van der Waals surface area contributed by atoms with Gasteiger partial charge in [-0.1, -0.05) is 0 Å². The van der Waals surface area contributed by atoms with E-state index in [-0.39, 0.29) is 18.9 Å². The van der Waals surface area contributed by atoms with E-state index >= 15 is 0 Å². The molecule has 2 aromatic heterocycles. The number of carbonyl (C=O) groups is 2. The van der Waals surface area contributed by atoms with Crippen LogP contribution in [0.1, 0.15) is 29.9 Å². The Balaban J connectivity index is 2.01. The number of Topliss-reactive ketones (excluding diaryl/α,β-unsaturated/α-hetero) is 1. The molecule has 0 bridgehead atoms. The Morgan fingerprint density at radius 1 is 1.16 bits per heavy atom. The van der Waals surface area contributed by atoms with E-state index < -0.39 is 20.4 Å². The van der Waals surface area contributed by atoms with Crippen molar-refractivity contribution in [3.63, 3.8) is 0 Å². The predicted octanol–water partition coefficient (Wildman–Crippen LogP) is 3.75. The van der Waals surface area contributed by atoms with Crippen molar-refractivity contribution in [3.05, 3.63) is 32.9 Å². The highest BCUT2D eigenvalue weighted by atomic mass is 79.9. The minimum absolute atomic E-state index is 0.0447. The number of amides is 1. The van der Waals surface area contributed by atoms with Gasteiger partial charge in [0.15, 0.2) is 15.6 Å². The summed E-state index contributed by atoms with van der Waals surface area (Å²) in [7, 11) is -3.56. The number of nitrogens with one attached hydrogen (secondary N) is 1. The van der Waals surface area contributed by atoms with Gasteiger partial charge < -0.3 is 5.32 Å². The third-order valence-corrected chi connectivity index (χ3v) is 9.13. The van der Waals surface area contributed by atoms with Crippen LogP contribution in [0.25, 0.3) is 9.75 Å². The van der Waals surface area contributed by atoms with Crippen molar-refractivity contribution >= 4 is 60.1 Å². The quantitative estimate of drug-likeness (QED) is 0.677. The zero-order valence-electron chi connectivity index (χ0n) is 14.0. The predicted molar refractivity (Wildman–Crippen MR) is 106 cm³/mol. The molecule has 1 atom stereocenters. The van der Waals surface area contributed by atoms with Crippen molar-refractivity contribution in [2.24, 2.45) is 0 Å². The molecule has 2 rings (SSSR count). The lowest BCUT2D eigenvalue weighted by Crippen LogP contribution is -2.44. The zero-order valence-corrected chi connectivity index (χ0v) is 18.0. The van der Waals surface area contributed by atoms with E-state index in [1.165, 1.54) is 25.2 Å². The van der Waals surface area contributed by atoms with E-state index in [9.17, 15) is 18.0 Å². The van der Waals surface area contributed by atoms with Crippen LogP contribution in [-0.4, -0.2) is 37.7 Å². The average molecular weight is 464 g/mol. The first-order chi connectivity index (χ1) is 11.5. The van der Waals surface area contributed by atoms with Crippen molar-refractivity contribution in [1.29, 1.82) is 0 Å². The molecule has 0 fully saturated rings. The van der Waals surface area contributed by atoms with Gasteiger partial charge >= 0.3 is 0 Å². The van der Waals surface area contributed by atoms with E-state index in [0.717, 1.165) is 19.8 Å². The molecule has 0 aliphatic rings. The number of hydrogen-bond acceptors (Lipinski definition) is 6. The molecule has 0 spiro atoms. The topological polar surface area (TPSA) is 80.3 Å². The van der Waals surface area contributed by atoms with Crippen molar-refractivity contribution in [1.82, 2.24) is 5.32 Å². The maximum absolute atomic E-state index is 12.3. The Morgan fingerprint density at radius 2 is 1.76 bits per heavy atom. The maximum Gasteiger partial charge on any atom is 0.261 e. The molecule has 0 aliphatic heterocycles. The molecule has 1 N–H and O–H groups in total. The first-order valence-corrected chi connectivity index (χ1v) is 11.7. The van der Waals surface area contributed by atoms with Crippen molar-refractivity contribution in [2.45, 2.75) is 25.0 Å². The molecule has 0 aliphatic carbocycles. The molecule has 0 aromatic carbocycles. The number of rotatable bonds is 7. The Hall–Kier alpha value is -1.03. The van der Waals surface area contributed by atoms with Crippen LogP contribution in [0.15, 0.2) is 28.1 Å². The van der Waals surface area contributed by atoms with Gasteiger partial charge in [-0.05, 0) is 60.5 Å². The van der Waals surface area contributed by atoms with Crippen molar-refractivity contribution < 1.29 is 18.0 Å². The fourth-order valence-electron chi connectivity index (χ4n) is 2.16. The highest BCUT2D eigenvalue weighted by molar-refractivity contribution is 9.11. The van der Waals surface area contributed by atoms with Gasteiger partial charge in [0.05, 0.1) is 8.66 Å². The monoisotopic (exact) mass is 463 g/mol. The molecule has 2 heterocycles. The third-order valence-electron chi connectivity index (χ3n) is 4.10. The van der Waals surface area contributed by atoms with E-state index in [0.29, 0.717) is 4.88 Å². The summed E-state index contributed by atoms with van der Waals surface area (Å²) in [6.07, 6.45) is 1.09. The van der Waals surface area contributed by atoms with Gasteiger partial charge in [0.25, 0.3) is 5.91 Å². The third kappa shape index (κ3) is 4.58. The van der Waals surface area contributed by atoms with E-state index in [1.54, 1.807) is 17.4 Å². The summed E-state index contributed by atoms with van der Waals surface area (Å²) in [4.78, 5) is 26.6. The lowest BCUT2D eigenvalue weighted by Gasteiger charge is -2.24. The van der Waals surface area contributed by atoms with Gasteiger partial charge in [-0.2, -0.15) is 0 Å². The fourth-order valence-corrected chi connectivity index (χ4v) is 5.56. The summed E-state index contributed by atoms with van der Waals surface area (Å²) >= 11 is 6.37. The van der Waals surface area contributed by atoms with Crippen LogP contribution < -0.4 is 5.32 Å². The molecule has 0 saturated heterocycles. The molecule has 25 heavy (non-hydrogen) atoms. The van der Waals surface area contributed by atoms with E-state index in [2.05, 4.69) is 21.2 Å². The maximum atomic E-state index is 12.3. The molecular formula is C16H18BrNO4S3. The van der Waals surface area contributed by atoms with Crippen molar-refractivity contribution in [3.8, 4) is 9.75 Å². The van der Waals surface area contributed by atoms with E-state index in [1.807, 2.05) is 18.2 Å². The molecule has 2 aromatic rings. The average Bonchev–Trinajstić information content (AvgIpc) is 3.14. The summed E-state index contributed by atoms with van der Waals surface area (Å²) in [6.45, 7) is 2.77. The first-order valence-electron chi connectivity index (χ1n) is 7.39. The Kier molecular flexibility index (Phi) is 6.24. The summed E-state index contributed by atoms with van der Waals surface area (Å²) in [5.41, 5.74) is 0. The van der Waals surface area contributed by atoms with Gasteiger partial charge in [0.2, 0.25) is 0 Å². The van der Waals surface area contributed by atoms with Gasteiger partial charge in [0.1, 0.15) is 4.75 Å². The zero-order chi connectivity index (χ0) is 18.8. The highest BCUT2D eigenvalue weighted by Gasteiger charge is 2.40. The summed E-state index contributed by atoms with van der Waals surface area (Å²) in [6, 6.07) is 7.55. The highest BCUT2D eigenvalue weighted by Crippen LogP contribution is 2.35. The largest absolute Gasteiger partial charge is 0.351 e. The van der Waals surface area contributed by atoms with Crippen molar-refractivity contribution in [2.75, 3.05) is 12.8 Å². The van der Waals surface area contributed by atoms with Crippen LogP contribution in [0, 0.1) is 0 Å². The van der Waals surface area contributed by atoms with Gasteiger partial charge in [0, 0.05) is 22.6 Å². The van der Waals surface area contributed by atoms with Crippen LogP contribution >= 0.6 is 38.6 Å². The van der Waals surface area contributed by atoms with Crippen LogP contribution in [0.3, 0.4) is 0 Å². The summed E-state index contributed by atoms with van der Waals surface area (Å²) < 4.78 is 23.3. The SMILES string of the molecule is CC(=O)C(C)(CCNC(=O)c1ccc(-c2ccc(Br)s2)s1)S(C)(=O)=O. The number of thiophene rings is 2. The molecule has 5 nitrogen and oxygen atoms in total. The van der Waals surface area contributed by atoms with E-state index in [4.69, 9.17) is 0 Å². The fraction of sp³-hybridized carbons (Fsp3) is 0.375. The van der Waals surface area contributed by atoms with Crippen LogP contribution in [0.2, 0.25) is 0 Å². The molecule has 0 radical (unpaired) electrons. The first kappa shape index (κ1) is 20.3. The standard InChI is InChI=1S/C16H18BrNO4S3/c1-10(19)16(2,25(3,21)22)8-9-18-15(20)13-5-4-11(23-13)12-6-7-14(17)24-12/h4-7H,8-9H2,1-3H3,(H,18,20). The number of carbonyl (C=O) groups excluding carboxylic acids is 2. The Morgan fingerprint density at radius 3 is 2.28 bits per heavy atom. The van der Waals surface area contributed by atoms with Gasteiger partial charge in [-0.15, -0.1) is 22.7 Å².